The minimum atomic E-state index is -3.21. The minimum Gasteiger partial charge on any atom is -0.432 e. The predicted octanol–water partition coefficient (Wildman–Crippen LogP) is 4.77. The van der Waals surface area contributed by atoms with Crippen molar-refractivity contribution >= 4 is 11.6 Å². The van der Waals surface area contributed by atoms with Gasteiger partial charge >= 0.3 is 6.61 Å². The lowest BCUT2D eigenvalue weighted by molar-refractivity contribution is -0.192. The Balaban J connectivity index is 1.87. The second kappa shape index (κ2) is 6.33. The van der Waals surface area contributed by atoms with Crippen molar-refractivity contribution in [1.29, 1.82) is 0 Å². The molecule has 0 amide bonds. The van der Waals surface area contributed by atoms with E-state index in [1.165, 1.54) is 12.1 Å². The van der Waals surface area contributed by atoms with Crippen molar-refractivity contribution in [2.75, 3.05) is 0 Å². The maximum atomic E-state index is 14.3. The van der Waals surface area contributed by atoms with Crippen molar-refractivity contribution in [2.24, 2.45) is 5.41 Å². The van der Waals surface area contributed by atoms with Crippen molar-refractivity contribution < 1.29 is 27.4 Å². The standard InChI is InChI=1S/C16H18ClF4NO2/c17-12-11(24-14(18)19)4-3-10(22-12)9-7-15(5-1-2-6-15)13(23)16(20,21)8-9/h3-4,9,13-14,23H,1-2,5-8H2/t9-,13+/m1/s1. The van der Waals surface area contributed by atoms with Gasteiger partial charge in [-0.3, -0.25) is 0 Å². The molecular weight excluding hydrogens is 350 g/mol. The van der Waals surface area contributed by atoms with Gasteiger partial charge in [0.25, 0.3) is 5.92 Å². The van der Waals surface area contributed by atoms with E-state index in [-0.39, 0.29) is 10.9 Å². The van der Waals surface area contributed by atoms with Crippen LogP contribution in [-0.4, -0.2) is 28.7 Å². The normalized spacial score (nSPS) is 28.5. The lowest BCUT2D eigenvalue weighted by atomic mass is 9.64. The van der Waals surface area contributed by atoms with Gasteiger partial charge in [0, 0.05) is 23.4 Å². The van der Waals surface area contributed by atoms with E-state index in [1.807, 2.05) is 0 Å². The van der Waals surface area contributed by atoms with Gasteiger partial charge < -0.3 is 9.84 Å². The quantitative estimate of drug-likeness (QED) is 0.618. The number of halogens is 5. The van der Waals surface area contributed by atoms with Crippen LogP contribution < -0.4 is 4.74 Å². The van der Waals surface area contributed by atoms with Crippen LogP contribution in [0.4, 0.5) is 17.6 Å². The summed E-state index contributed by atoms with van der Waals surface area (Å²) in [5, 5.41) is 9.87. The predicted molar refractivity (Wildman–Crippen MR) is 79.7 cm³/mol. The molecule has 2 aliphatic carbocycles. The summed E-state index contributed by atoms with van der Waals surface area (Å²) in [6.07, 6.45) is 0.947. The van der Waals surface area contributed by atoms with Gasteiger partial charge in [-0.05, 0) is 31.4 Å². The maximum Gasteiger partial charge on any atom is 0.387 e. The fourth-order valence-electron chi connectivity index (χ4n) is 4.18. The van der Waals surface area contributed by atoms with E-state index >= 15 is 0 Å². The minimum absolute atomic E-state index is 0.275. The SMILES string of the molecule is O[C@@H]1C(F)(F)C[C@H](c2ccc(OC(F)F)c(Cl)n2)CC12CCCC2. The zero-order chi connectivity index (χ0) is 17.5. The molecule has 0 radical (unpaired) electrons. The van der Waals surface area contributed by atoms with Gasteiger partial charge in [-0.2, -0.15) is 8.78 Å². The average molecular weight is 368 g/mol. The zero-order valence-corrected chi connectivity index (χ0v) is 13.6. The third-order valence-electron chi connectivity index (χ3n) is 5.22. The molecule has 2 fully saturated rings. The van der Waals surface area contributed by atoms with Crippen LogP contribution in [0.15, 0.2) is 12.1 Å². The molecule has 1 N–H and O–H groups in total. The van der Waals surface area contributed by atoms with Gasteiger partial charge in [-0.25, -0.2) is 13.8 Å². The van der Waals surface area contributed by atoms with E-state index in [2.05, 4.69) is 9.72 Å². The monoisotopic (exact) mass is 367 g/mol. The van der Waals surface area contributed by atoms with E-state index in [9.17, 15) is 22.7 Å². The first-order chi connectivity index (χ1) is 11.2. The van der Waals surface area contributed by atoms with Crippen LogP contribution in [-0.2, 0) is 0 Å². The van der Waals surface area contributed by atoms with Gasteiger partial charge in [-0.15, -0.1) is 0 Å². The Morgan fingerprint density at radius 1 is 1.21 bits per heavy atom. The molecule has 1 heterocycles. The van der Waals surface area contributed by atoms with Crippen LogP contribution in [0.2, 0.25) is 5.15 Å². The Morgan fingerprint density at radius 3 is 2.46 bits per heavy atom. The Labute approximate surface area is 142 Å². The smallest absolute Gasteiger partial charge is 0.387 e. The highest BCUT2D eigenvalue weighted by atomic mass is 35.5. The van der Waals surface area contributed by atoms with Crippen molar-refractivity contribution in [1.82, 2.24) is 4.98 Å². The highest BCUT2D eigenvalue weighted by Crippen LogP contribution is 2.57. The molecule has 1 aromatic rings. The van der Waals surface area contributed by atoms with Gasteiger partial charge in [0.2, 0.25) is 0 Å². The molecule has 0 saturated heterocycles. The number of pyridine rings is 1. The summed E-state index contributed by atoms with van der Waals surface area (Å²) in [5.74, 6) is -4.08. The van der Waals surface area contributed by atoms with Crippen LogP contribution in [0.25, 0.3) is 0 Å². The number of aliphatic hydroxyl groups excluding tert-OH is 1. The highest BCUT2D eigenvalue weighted by molar-refractivity contribution is 6.30. The molecule has 134 valence electrons. The molecule has 8 heteroatoms. The summed E-state index contributed by atoms with van der Waals surface area (Å²) in [7, 11) is 0. The molecule has 0 bridgehead atoms. The fourth-order valence-corrected chi connectivity index (χ4v) is 4.38. The Morgan fingerprint density at radius 2 is 1.88 bits per heavy atom. The van der Waals surface area contributed by atoms with Crippen molar-refractivity contribution in [3.8, 4) is 5.75 Å². The lowest BCUT2D eigenvalue weighted by Crippen LogP contribution is -2.51. The van der Waals surface area contributed by atoms with E-state index in [0.717, 1.165) is 12.8 Å². The Bertz CT molecular complexity index is 608. The molecule has 1 aromatic heterocycles. The Kier molecular flexibility index (Phi) is 4.68. The van der Waals surface area contributed by atoms with Crippen molar-refractivity contribution in [2.45, 2.75) is 63.1 Å². The second-order valence-corrected chi connectivity index (χ2v) is 7.10. The zero-order valence-electron chi connectivity index (χ0n) is 12.8. The molecule has 2 atom stereocenters. The number of alkyl halides is 4. The molecule has 1 spiro atoms. The van der Waals surface area contributed by atoms with Gasteiger partial charge in [0.05, 0.1) is 0 Å². The number of hydrogen-bond donors (Lipinski definition) is 1. The number of nitrogens with zero attached hydrogens (tertiary/aromatic N) is 1. The number of rotatable bonds is 3. The summed E-state index contributed by atoms with van der Waals surface area (Å²) < 4.78 is 57.4. The van der Waals surface area contributed by atoms with E-state index in [4.69, 9.17) is 11.6 Å². The lowest BCUT2D eigenvalue weighted by Gasteiger charge is -2.46. The first kappa shape index (κ1) is 17.7. The molecule has 0 aliphatic heterocycles. The van der Waals surface area contributed by atoms with Crippen molar-refractivity contribution in [3.63, 3.8) is 0 Å². The molecule has 2 saturated carbocycles. The molecule has 2 aliphatic rings. The van der Waals surface area contributed by atoms with Crippen LogP contribution in [0.1, 0.15) is 50.1 Å². The summed E-state index contributed by atoms with van der Waals surface area (Å²) in [5.41, 5.74) is -0.488. The fraction of sp³-hybridized carbons (Fsp3) is 0.688. The van der Waals surface area contributed by atoms with Crippen LogP contribution in [0, 0.1) is 5.41 Å². The Hall–Kier alpha value is -1.08. The van der Waals surface area contributed by atoms with Gasteiger partial charge in [0.1, 0.15) is 6.10 Å². The third-order valence-corrected chi connectivity index (χ3v) is 5.49. The molecule has 0 unspecified atom stereocenters. The highest BCUT2D eigenvalue weighted by Gasteiger charge is 2.58. The topological polar surface area (TPSA) is 42.4 Å². The molecule has 24 heavy (non-hydrogen) atoms. The van der Waals surface area contributed by atoms with Crippen LogP contribution in [0.5, 0.6) is 5.75 Å². The van der Waals surface area contributed by atoms with E-state index in [1.54, 1.807) is 0 Å². The van der Waals surface area contributed by atoms with E-state index < -0.39 is 36.4 Å². The number of aliphatic hydroxyl groups is 1. The van der Waals surface area contributed by atoms with E-state index in [0.29, 0.717) is 25.0 Å². The summed E-state index contributed by atoms with van der Waals surface area (Å²) in [6.45, 7) is -3.04. The largest absolute Gasteiger partial charge is 0.432 e. The summed E-state index contributed by atoms with van der Waals surface area (Å²) in [6, 6.07) is 2.62. The summed E-state index contributed by atoms with van der Waals surface area (Å²) in [4.78, 5) is 3.99. The number of ether oxygens (including phenoxy) is 1. The molecule has 0 aromatic carbocycles. The van der Waals surface area contributed by atoms with Gasteiger partial charge in [0.15, 0.2) is 10.9 Å². The number of aromatic nitrogens is 1. The van der Waals surface area contributed by atoms with Gasteiger partial charge in [-0.1, -0.05) is 24.4 Å². The molecule has 3 nitrogen and oxygen atoms in total. The van der Waals surface area contributed by atoms with Crippen LogP contribution in [0.3, 0.4) is 0 Å². The van der Waals surface area contributed by atoms with Crippen LogP contribution >= 0.6 is 11.6 Å². The second-order valence-electron chi connectivity index (χ2n) is 6.74. The molecular formula is C16H18ClF4NO2. The van der Waals surface area contributed by atoms with Crippen molar-refractivity contribution in [3.05, 3.63) is 23.0 Å². The summed E-state index contributed by atoms with van der Waals surface area (Å²) >= 11 is 5.84. The third kappa shape index (κ3) is 3.20. The molecule has 3 rings (SSSR count). The number of hydrogen-bond acceptors (Lipinski definition) is 3. The first-order valence-electron chi connectivity index (χ1n) is 7.91. The first-order valence-corrected chi connectivity index (χ1v) is 8.28. The average Bonchev–Trinajstić information content (AvgIpc) is 2.95. The maximum absolute atomic E-state index is 14.3.